The third-order valence-electron chi connectivity index (χ3n) is 6.29. The molecule has 0 saturated carbocycles. The van der Waals surface area contributed by atoms with Crippen LogP contribution in [0.25, 0.3) is 0 Å². The van der Waals surface area contributed by atoms with Crippen molar-refractivity contribution < 1.29 is 79.5 Å². The lowest BCUT2D eigenvalue weighted by Gasteiger charge is -2.46. The van der Waals surface area contributed by atoms with Crippen molar-refractivity contribution in [2.75, 3.05) is 26.9 Å². The molecule has 0 unspecified atom stereocenters. The zero-order valence-corrected chi connectivity index (χ0v) is 18.7. The van der Waals surface area contributed by atoms with Gasteiger partial charge >= 0.3 is 0 Å². The Hall–Kier alpha value is -0.640. The SMILES string of the molecule is CO[C@H]1O[C@H](CO[C@H]2O[C@@H](CO)[C@H](O)[C@@H](O)[C@@H]2O)[C@@H](O)[C@@H](O[C@@H]2O[C@H](CO)[C@H](O)[C@@H](O)[C@H]2O)[C@H]1O. The van der Waals surface area contributed by atoms with Crippen molar-refractivity contribution in [1.82, 2.24) is 0 Å². The normalized spacial score (nSPS) is 51.3. The van der Waals surface area contributed by atoms with Crippen molar-refractivity contribution in [2.45, 2.75) is 92.1 Å². The maximum Gasteiger partial charge on any atom is 0.187 e. The van der Waals surface area contributed by atoms with Gasteiger partial charge in [-0.25, -0.2) is 0 Å². The first-order valence-electron chi connectivity index (χ1n) is 11.0. The van der Waals surface area contributed by atoms with Gasteiger partial charge in [0.05, 0.1) is 19.8 Å². The van der Waals surface area contributed by atoms with Gasteiger partial charge < -0.3 is 79.5 Å². The van der Waals surface area contributed by atoms with E-state index in [0.717, 1.165) is 0 Å². The Balaban J connectivity index is 1.69. The van der Waals surface area contributed by atoms with Gasteiger partial charge in [0.1, 0.15) is 73.2 Å². The largest absolute Gasteiger partial charge is 0.394 e. The Morgan fingerprint density at radius 3 is 1.54 bits per heavy atom. The minimum atomic E-state index is -1.81. The van der Waals surface area contributed by atoms with Gasteiger partial charge in [0.2, 0.25) is 0 Å². The van der Waals surface area contributed by atoms with Crippen LogP contribution in [-0.4, -0.2) is 170 Å². The van der Waals surface area contributed by atoms with Crippen molar-refractivity contribution >= 4 is 0 Å². The van der Waals surface area contributed by atoms with Gasteiger partial charge in [-0.05, 0) is 0 Å². The van der Waals surface area contributed by atoms with E-state index >= 15 is 0 Å². The van der Waals surface area contributed by atoms with Crippen molar-refractivity contribution in [1.29, 1.82) is 0 Å². The lowest BCUT2D eigenvalue weighted by atomic mass is 9.97. The molecule has 16 heteroatoms. The fourth-order valence-electron chi connectivity index (χ4n) is 4.13. The summed E-state index contributed by atoms with van der Waals surface area (Å²) in [6.07, 6.45) is -23.5. The number of ether oxygens (including phenoxy) is 6. The maximum absolute atomic E-state index is 10.8. The quantitative estimate of drug-likeness (QED) is 0.143. The average molecular weight is 518 g/mol. The first kappa shape index (κ1) is 28.9. The maximum atomic E-state index is 10.8. The molecule has 0 aromatic carbocycles. The first-order chi connectivity index (χ1) is 16.5. The third kappa shape index (κ3) is 5.93. The van der Waals surface area contributed by atoms with Crippen LogP contribution >= 0.6 is 0 Å². The average Bonchev–Trinajstić information content (AvgIpc) is 2.85. The molecule has 3 rings (SSSR count). The Bertz CT molecular complexity index is 652. The van der Waals surface area contributed by atoms with Crippen LogP contribution in [0.2, 0.25) is 0 Å². The molecule has 0 radical (unpaired) electrons. The smallest absolute Gasteiger partial charge is 0.187 e. The molecule has 16 nitrogen and oxygen atoms in total. The topological polar surface area (TPSA) is 258 Å². The van der Waals surface area contributed by atoms with E-state index in [1.807, 2.05) is 0 Å². The summed E-state index contributed by atoms with van der Waals surface area (Å²) >= 11 is 0. The van der Waals surface area contributed by atoms with Crippen molar-refractivity contribution in [3.63, 3.8) is 0 Å². The Morgan fingerprint density at radius 1 is 0.543 bits per heavy atom. The highest BCUT2D eigenvalue weighted by Crippen LogP contribution is 2.30. The van der Waals surface area contributed by atoms with Gasteiger partial charge in [-0.3, -0.25) is 0 Å². The van der Waals surface area contributed by atoms with Crippen molar-refractivity contribution in [3.8, 4) is 0 Å². The summed E-state index contributed by atoms with van der Waals surface area (Å²) in [6, 6.07) is 0. The first-order valence-corrected chi connectivity index (χ1v) is 11.0. The summed E-state index contributed by atoms with van der Waals surface area (Å²) in [5, 5.41) is 99.9. The Morgan fingerprint density at radius 2 is 1.03 bits per heavy atom. The van der Waals surface area contributed by atoms with Crippen LogP contribution in [-0.2, 0) is 28.4 Å². The van der Waals surface area contributed by atoms with E-state index < -0.39 is 112 Å². The van der Waals surface area contributed by atoms with Gasteiger partial charge in [-0.2, -0.15) is 0 Å². The van der Waals surface area contributed by atoms with Crippen LogP contribution in [0.15, 0.2) is 0 Å². The fourth-order valence-corrected chi connectivity index (χ4v) is 4.13. The van der Waals surface area contributed by atoms with Crippen LogP contribution in [0.3, 0.4) is 0 Å². The summed E-state index contributed by atoms with van der Waals surface area (Å²) in [7, 11) is 1.19. The molecular weight excluding hydrogens is 484 g/mol. The van der Waals surface area contributed by atoms with Crippen LogP contribution in [0.4, 0.5) is 0 Å². The molecule has 10 N–H and O–H groups in total. The highest BCUT2D eigenvalue weighted by molar-refractivity contribution is 4.95. The fraction of sp³-hybridized carbons (Fsp3) is 1.00. The predicted molar refractivity (Wildman–Crippen MR) is 106 cm³/mol. The third-order valence-corrected chi connectivity index (χ3v) is 6.29. The molecular formula is C19H34O16. The minimum absolute atomic E-state index is 0.523. The van der Waals surface area contributed by atoms with E-state index in [1.54, 1.807) is 0 Å². The van der Waals surface area contributed by atoms with E-state index in [9.17, 15) is 51.1 Å². The van der Waals surface area contributed by atoms with Gasteiger partial charge in [-0.15, -0.1) is 0 Å². The molecule has 3 aliphatic heterocycles. The van der Waals surface area contributed by atoms with Crippen molar-refractivity contribution in [2.24, 2.45) is 0 Å². The van der Waals surface area contributed by atoms with Gasteiger partial charge in [0.25, 0.3) is 0 Å². The van der Waals surface area contributed by atoms with Crippen LogP contribution in [0.1, 0.15) is 0 Å². The van der Waals surface area contributed by atoms with Crippen LogP contribution in [0.5, 0.6) is 0 Å². The number of aliphatic hydroxyl groups excluding tert-OH is 10. The summed E-state index contributed by atoms with van der Waals surface area (Å²) in [5.74, 6) is 0. The van der Waals surface area contributed by atoms with E-state index in [2.05, 4.69) is 0 Å². The molecule has 0 aromatic heterocycles. The minimum Gasteiger partial charge on any atom is -0.394 e. The number of rotatable bonds is 8. The molecule has 206 valence electrons. The molecule has 3 aliphatic rings. The summed E-state index contributed by atoms with van der Waals surface area (Å²) in [5.41, 5.74) is 0. The molecule has 3 heterocycles. The zero-order chi connectivity index (χ0) is 26.0. The zero-order valence-electron chi connectivity index (χ0n) is 18.7. The second-order valence-electron chi connectivity index (χ2n) is 8.59. The van der Waals surface area contributed by atoms with E-state index in [0.29, 0.717) is 0 Å². The molecule has 3 fully saturated rings. The molecule has 0 amide bonds. The van der Waals surface area contributed by atoms with Gasteiger partial charge in [-0.1, -0.05) is 0 Å². The molecule has 0 spiro atoms. The van der Waals surface area contributed by atoms with Crippen LogP contribution < -0.4 is 0 Å². The standard InChI is InChI=1S/C19H34O16/c1-30-17-15(29)16(35-19-14(28)12(26)9(23)6(3-21)33-19)10(24)7(34-17)4-31-18-13(27)11(25)8(22)5(2-20)32-18/h5-29H,2-4H2,1H3/t5-,6+,7+,8-,9-,10+,11+,12+,13-,14+,15+,16+,17-,18-,19-/m0/s1. The van der Waals surface area contributed by atoms with Crippen LogP contribution in [0, 0.1) is 0 Å². The number of aliphatic hydroxyl groups is 10. The monoisotopic (exact) mass is 518 g/mol. The molecule has 0 bridgehead atoms. The lowest BCUT2D eigenvalue weighted by Crippen LogP contribution is -2.65. The molecule has 3 saturated heterocycles. The summed E-state index contributed by atoms with van der Waals surface area (Å²) in [4.78, 5) is 0. The predicted octanol–water partition coefficient (Wildman–Crippen LogP) is -6.92. The summed E-state index contributed by atoms with van der Waals surface area (Å²) < 4.78 is 31.9. The number of hydrogen-bond donors (Lipinski definition) is 10. The van der Waals surface area contributed by atoms with Gasteiger partial charge in [0.15, 0.2) is 18.9 Å². The molecule has 0 aromatic rings. The molecule has 15 atom stereocenters. The van der Waals surface area contributed by atoms with Crippen molar-refractivity contribution in [3.05, 3.63) is 0 Å². The second kappa shape index (κ2) is 12.3. The van der Waals surface area contributed by atoms with Gasteiger partial charge in [0, 0.05) is 7.11 Å². The lowest BCUT2D eigenvalue weighted by molar-refractivity contribution is -0.364. The Kier molecular flexibility index (Phi) is 10.1. The summed E-state index contributed by atoms with van der Waals surface area (Å²) in [6.45, 7) is -1.93. The highest BCUT2D eigenvalue weighted by atomic mass is 16.7. The molecule has 0 aliphatic carbocycles. The molecule has 35 heavy (non-hydrogen) atoms. The second-order valence-corrected chi connectivity index (χ2v) is 8.59. The number of hydrogen-bond acceptors (Lipinski definition) is 16. The Labute approximate surface area is 199 Å². The highest BCUT2D eigenvalue weighted by Gasteiger charge is 2.51. The van der Waals surface area contributed by atoms with E-state index in [-0.39, 0.29) is 0 Å². The number of methoxy groups -OCH3 is 1. The van der Waals surface area contributed by atoms with E-state index in [4.69, 9.17) is 28.4 Å². The van der Waals surface area contributed by atoms with E-state index in [1.165, 1.54) is 7.11 Å².